The third-order valence-corrected chi connectivity index (χ3v) is 6.09. The first-order chi connectivity index (χ1) is 10.1. The van der Waals surface area contributed by atoms with Crippen molar-refractivity contribution >= 4 is 17.7 Å². The van der Waals surface area contributed by atoms with Crippen LogP contribution in [0.4, 0.5) is 0 Å². The second-order valence-electron chi connectivity index (χ2n) is 6.04. The first-order valence-corrected chi connectivity index (χ1v) is 8.94. The Kier molecular flexibility index (Phi) is 5.71. The molecule has 0 heterocycles. The summed E-state index contributed by atoms with van der Waals surface area (Å²) in [6, 6.07) is 9.59. The van der Waals surface area contributed by atoms with Crippen molar-refractivity contribution in [2.45, 2.75) is 43.4 Å². The van der Waals surface area contributed by atoms with Gasteiger partial charge in [-0.1, -0.05) is 50.1 Å². The third kappa shape index (κ3) is 4.01. The summed E-state index contributed by atoms with van der Waals surface area (Å²) in [6.07, 6.45) is 7.10. The largest absolute Gasteiger partial charge is 0.354 e. The van der Waals surface area contributed by atoms with Crippen LogP contribution in [0.15, 0.2) is 30.3 Å². The van der Waals surface area contributed by atoms with Crippen LogP contribution in [0.5, 0.6) is 0 Å². The average Bonchev–Trinajstić information content (AvgIpc) is 3.01. The van der Waals surface area contributed by atoms with Gasteiger partial charge in [0.25, 0.3) is 0 Å². The van der Waals surface area contributed by atoms with Crippen molar-refractivity contribution in [1.29, 1.82) is 0 Å². The number of amides is 1. The lowest BCUT2D eigenvalue weighted by Gasteiger charge is -2.28. The molecule has 1 fully saturated rings. The molecule has 21 heavy (non-hydrogen) atoms. The van der Waals surface area contributed by atoms with Crippen molar-refractivity contribution in [3.63, 3.8) is 0 Å². The molecule has 0 aliphatic heterocycles. The van der Waals surface area contributed by atoms with Crippen LogP contribution < -0.4 is 11.1 Å². The molecule has 2 rings (SSSR count). The molecule has 1 saturated carbocycles. The van der Waals surface area contributed by atoms with E-state index in [-0.39, 0.29) is 22.6 Å². The predicted molar refractivity (Wildman–Crippen MR) is 90.3 cm³/mol. The molecule has 2 unspecified atom stereocenters. The SMILES string of the molecule is CSC1(CNC(=O)C(C)C(N)c2ccccc2)CCCC1. The summed E-state index contributed by atoms with van der Waals surface area (Å²) < 4.78 is 0.242. The minimum Gasteiger partial charge on any atom is -0.354 e. The van der Waals surface area contributed by atoms with Crippen LogP contribution in [0.3, 0.4) is 0 Å². The van der Waals surface area contributed by atoms with E-state index in [1.54, 1.807) is 0 Å². The Morgan fingerprint density at radius 3 is 2.52 bits per heavy atom. The van der Waals surface area contributed by atoms with E-state index in [9.17, 15) is 4.79 Å². The van der Waals surface area contributed by atoms with Crippen LogP contribution >= 0.6 is 11.8 Å². The van der Waals surface area contributed by atoms with Gasteiger partial charge in [-0.2, -0.15) is 11.8 Å². The number of carbonyl (C=O) groups excluding carboxylic acids is 1. The van der Waals surface area contributed by atoms with Crippen molar-refractivity contribution in [3.05, 3.63) is 35.9 Å². The number of carbonyl (C=O) groups is 1. The summed E-state index contributed by atoms with van der Waals surface area (Å²) in [6.45, 7) is 2.67. The molecule has 3 nitrogen and oxygen atoms in total. The lowest BCUT2D eigenvalue weighted by molar-refractivity contribution is -0.125. The number of benzene rings is 1. The maximum absolute atomic E-state index is 12.4. The molecule has 0 spiro atoms. The van der Waals surface area contributed by atoms with Gasteiger partial charge in [-0.05, 0) is 24.7 Å². The van der Waals surface area contributed by atoms with Gasteiger partial charge in [-0.15, -0.1) is 0 Å². The summed E-state index contributed by atoms with van der Waals surface area (Å²) in [5.74, 6) is -0.153. The first-order valence-electron chi connectivity index (χ1n) is 7.71. The van der Waals surface area contributed by atoms with Crippen molar-refractivity contribution in [2.75, 3.05) is 12.8 Å². The third-order valence-electron chi connectivity index (χ3n) is 4.67. The highest BCUT2D eigenvalue weighted by molar-refractivity contribution is 8.00. The van der Waals surface area contributed by atoms with E-state index in [1.165, 1.54) is 25.7 Å². The van der Waals surface area contributed by atoms with Crippen LogP contribution in [0.1, 0.15) is 44.2 Å². The maximum atomic E-state index is 12.4. The molecule has 0 bridgehead atoms. The molecule has 116 valence electrons. The molecule has 3 N–H and O–H groups in total. The van der Waals surface area contributed by atoms with Gasteiger partial charge in [0.15, 0.2) is 0 Å². The summed E-state index contributed by atoms with van der Waals surface area (Å²) in [5.41, 5.74) is 7.24. The Hall–Kier alpha value is -1.00. The van der Waals surface area contributed by atoms with E-state index >= 15 is 0 Å². The molecule has 1 aromatic rings. The molecule has 0 radical (unpaired) electrons. The molecular weight excluding hydrogens is 280 g/mol. The highest BCUT2D eigenvalue weighted by Gasteiger charge is 2.34. The predicted octanol–water partition coefficient (Wildman–Crippen LogP) is 3.11. The molecule has 0 aromatic heterocycles. The fraction of sp³-hybridized carbons (Fsp3) is 0.588. The molecule has 2 atom stereocenters. The number of thioether (sulfide) groups is 1. The Morgan fingerprint density at radius 1 is 1.33 bits per heavy atom. The number of rotatable bonds is 6. The molecular formula is C17H26N2OS. The summed E-state index contributed by atoms with van der Waals surface area (Å²) in [4.78, 5) is 12.4. The second kappa shape index (κ2) is 7.32. The Balaban J connectivity index is 1.90. The Morgan fingerprint density at radius 2 is 1.95 bits per heavy atom. The van der Waals surface area contributed by atoms with E-state index in [0.717, 1.165) is 12.1 Å². The zero-order valence-electron chi connectivity index (χ0n) is 13.0. The molecule has 0 saturated heterocycles. The van der Waals surface area contributed by atoms with Gasteiger partial charge in [0.1, 0.15) is 0 Å². The zero-order chi connectivity index (χ0) is 15.3. The fourth-order valence-electron chi connectivity index (χ4n) is 3.01. The van der Waals surface area contributed by atoms with E-state index in [4.69, 9.17) is 5.73 Å². The molecule has 1 amide bonds. The first kappa shape index (κ1) is 16.4. The van der Waals surface area contributed by atoms with Gasteiger partial charge >= 0.3 is 0 Å². The van der Waals surface area contributed by atoms with E-state index in [2.05, 4.69) is 11.6 Å². The number of hydrogen-bond donors (Lipinski definition) is 2. The molecule has 1 aromatic carbocycles. The smallest absolute Gasteiger partial charge is 0.224 e. The van der Waals surface area contributed by atoms with Crippen molar-refractivity contribution in [2.24, 2.45) is 11.7 Å². The Labute approximate surface area is 132 Å². The van der Waals surface area contributed by atoms with Gasteiger partial charge < -0.3 is 11.1 Å². The van der Waals surface area contributed by atoms with E-state index in [0.29, 0.717) is 0 Å². The highest BCUT2D eigenvalue weighted by atomic mass is 32.2. The second-order valence-corrected chi connectivity index (χ2v) is 7.31. The molecule has 4 heteroatoms. The standard InChI is InChI=1S/C17H26N2OS/c1-13(15(18)14-8-4-3-5-9-14)16(20)19-12-17(21-2)10-6-7-11-17/h3-5,8-9,13,15H,6-7,10-12,18H2,1-2H3,(H,19,20). The van der Waals surface area contributed by atoms with E-state index < -0.39 is 0 Å². The van der Waals surface area contributed by atoms with Crippen molar-refractivity contribution in [3.8, 4) is 0 Å². The summed E-state index contributed by atoms with van der Waals surface area (Å²) in [7, 11) is 0. The summed E-state index contributed by atoms with van der Waals surface area (Å²) in [5, 5.41) is 3.13. The van der Waals surface area contributed by atoms with Crippen LogP contribution in [0, 0.1) is 5.92 Å². The number of hydrogen-bond acceptors (Lipinski definition) is 3. The van der Waals surface area contributed by atoms with Crippen molar-refractivity contribution in [1.82, 2.24) is 5.32 Å². The minimum atomic E-state index is -0.250. The monoisotopic (exact) mass is 306 g/mol. The Bertz CT molecular complexity index is 457. The van der Waals surface area contributed by atoms with Gasteiger partial charge in [-0.3, -0.25) is 4.79 Å². The molecule has 1 aliphatic carbocycles. The minimum absolute atomic E-state index is 0.0617. The molecule has 1 aliphatic rings. The van der Waals surface area contributed by atoms with Gasteiger partial charge in [0, 0.05) is 17.3 Å². The van der Waals surface area contributed by atoms with Crippen LogP contribution in [-0.4, -0.2) is 23.5 Å². The average molecular weight is 306 g/mol. The lowest BCUT2D eigenvalue weighted by atomic mass is 9.94. The topological polar surface area (TPSA) is 55.1 Å². The van der Waals surface area contributed by atoms with Crippen molar-refractivity contribution < 1.29 is 4.79 Å². The van der Waals surface area contributed by atoms with Gasteiger partial charge in [0.2, 0.25) is 5.91 Å². The van der Waals surface area contributed by atoms with Crippen LogP contribution in [0.2, 0.25) is 0 Å². The quantitative estimate of drug-likeness (QED) is 0.849. The normalized spacial score (nSPS) is 20.0. The van der Waals surface area contributed by atoms with Crippen LogP contribution in [0.25, 0.3) is 0 Å². The highest BCUT2D eigenvalue weighted by Crippen LogP contribution is 2.39. The number of nitrogens with two attached hydrogens (primary N) is 1. The van der Waals surface area contributed by atoms with Gasteiger partial charge in [-0.25, -0.2) is 0 Å². The fourth-order valence-corrected chi connectivity index (χ4v) is 3.92. The maximum Gasteiger partial charge on any atom is 0.224 e. The van der Waals surface area contributed by atoms with Crippen LogP contribution in [-0.2, 0) is 4.79 Å². The van der Waals surface area contributed by atoms with E-state index in [1.807, 2.05) is 49.0 Å². The van der Waals surface area contributed by atoms with Gasteiger partial charge in [0.05, 0.1) is 5.92 Å². The zero-order valence-corrected chi connectivity index (χ0v) is 13.8. The number of nitrogens with one attached hydrogen (secondary N) is 1. The summed E-state index contributed by atoms with van der Waals surface area (Å²) >= 11 is 1.89. The lowest BCUT2D eigenvalue weighted by Crippen LogP contribution is -2.42.